The maximum Gasteiger partial charge on any atom is 0.251 e. The van der Waals surface area contributed by atoms with Gasteiger partial charge in [0, 0.05) is 37.5 Å². The number of hydrogen-bond acceptors (Lipinski definition) is 5. The molecule has 1 amide bonds. The molecule has 1 aromatic heterocycles. The van der Waals surface area contributed by atoms with Gasteiger partial charge in [-0.15, -0.1) is 0 Å². The highest BCUT2D eigenvalue weighted by Gasteiger charge is 2.09. The lowest BCUT2D eigenvalue weighted by Crippen LogP contribution is -2.25. The molecule has 0 fully saturated rings. The van der Waals surface area contributed by atoms with Gasteiger partial charge in [0.05, 0.1) is 5.69 Å². The molecule has 3 aromatic rings. The number of halogens is 1. The zero-order valence-corrected chi connectivity index (χ0v) is 15.4. The van der Waals surface area contributed by atoms with Crippen molar-refractivity contribution >= 4 is 5.91 Å². The summed E-state index contributed by atoms with van der Waals surface area (Å²) in [5.41, 5.74) is 1.64. The molecule has 1 heterocycles. The maximum atomic E-state index is 13.4. The average Bonchev–Trinajstić information content (AvgIpc) is 2.71. The number of benzene rings is 2. The number of rotatable bonds is 8. The van der Waals surface area contributed by atoms with Gasteiger partial charge < -0.3 is 14.8 Å². The molecule has 2 aromatic carbocycles. The van der Waals surface area contributed by atoms with Crippen LogP contribution in [0.2, 0.25) is 0 Å². The van der Waals surface area contributed by atoms with E-state index >= 15 is 0 Å². The summed E-state index contributed by atoms with van der Waals surface area (Å²) in [4.78, 5) is 20.5. The van der Waals surface area contributed by atoms with E-state index in [1.807, 2.05) is 0 Å². The number of ether oxygens (including phenoxy) is 2. The summed E-state index contributed by atoms with van der Waals surface area (Å²) in [5.74, 6) is 0.229. The molecule has 0 aliphatic carbocycles. The molecule has 0 spiro atoms. The topological polar surface area (TPSA) is 73.3 Å². The van der Waals surface area contributed by atoms with Crippen LogP contribution in [0.1, 0.15) is 16.8 Å². The van der Waals surface area contributed by atoms with Crippen LogP contribution in [0.3, 0.4) is 0 Å². The Morgan fingerprint density at radius 2 is 1.96 bits per heavy atom. The van der Waals surface area contributed by atoms with Crippen molar-refractivity contribution in [3.05, 3.63) is 72.3 Å². The van der Waals surface area contributed by atoms with Crippen molar-refractivity contribution in [3.63, 3.8) is 0 Å². The van der Waals surface area contributed by atoms with Crippen LogP contribution in [-0.4, -0.2) is 36.1 Å². The lowest BCUT2D eigenvalue weighted by molar-refractivity contribution is 0.0948. The van der Waals surface area contributed by atoms with E-state index in [2.05, 4.69) is 15.3 Å². The number of carbonyl (C=O) groups excluding carboxylic acids is 1. The number of amides is 1. The fraction of sp³-hybridized carbons (Fsp3) is 0.190. The van der Waals surface area contributed by atoms with E-state index in [4.69, 9.17) is 9.47 Å². The molecule has 0 radical (unpaired) electrons. The molecule has 28 heavy (non-hydrogen) atoms. The molecule has 3 rings (SSSR count). The van der Waals surface area contributed by atoms with Gasteiger partial charge in [0.2, 0.25) is 5.88 Å². The molecule has 0 aliphatic rings. The summed E-state index contributed by atoms with van der Waals surface area (Å²) in [6.45, 7) is 1.12. The average molecular weight is 381 g/mol. The molecule has 0 saturated carbocycles. The van der Waals surface area contributed by atoms with E-state index < -0.39 is 0 Å². The third-order valence-corrected chi connectivity index (χ3v) is 3.89. The van der Waals surface area contributed by atoms with E-state index in [1.54, 1.807) is 49.6 Å². The molecule has 6 nitrogen and oxygen atoms in total. The van der Waals surface area contributed by atoms with Crippen molar-refractivity contribution in [2.24, 2.45) is 0 Å². The Bertz CT molecular complexity index is 949. The molecular weight excluding hydrogens is 361 g/mol. The second kappa shape index (κ2) is 9.57. The van der Waals surface area contributed by atoms with E-state index in [0.29, 0.717) is 41.6 Å². The first-order valence-corrected chi connectivity index (χ1v) is 8.79. The fourth-order valence-electron chi connectivity index (χ4n) is 2.54. The normalized spacial score (nSPS) is 10.5. The summed E-state index contributed by atoms with van der Waals surface area (Å²) in [6, 6.07) is 14.5. The molecule has 0 saturated heterocycles. The van der Waals surface area contributed by atoms with E-state index in [-0.39, 0.29) is 11.7 Å². The van der Waals surface area contributed by atoms with Crippen molar-refractivity contribution in [3.8, 4) is 22.9 Å². The molecule has 0 aliphatic heterocycles. The predicted octanol–water partition coefficient (Wildman–Crippen LogP) is 3.84. The van der Waals surface area contributed by atoms with Crippen LogP contribution in [0.4, 0.5) is 4.39 Å². The largest absolute Gasteiger partial charge is 0.439 e. The van der Waals surface area contributed by atoms with Gasteiger partial charge in [-0.05, 0) is 36.8 Å². The minimum Gasteiger partial charge on any atom is -0.439 e. The molecule has 7 heteroatoms. The predicted molar refractivity (Wildman–Crippen MR) is 103 cm³/mol. The first-order valence-electron chi connectivity index (χ1n) is 8.79. The van der Waals surface area contributed by atoms with Gasteiger partial charge in [-0.2, -0.15) is 0 Å². The minimum absolute atomic E-state index is 0.190. The van der Waals surface area contributed by atoms with Gasteiger partial charge in [0.1, 0.15) is 17.9 Å². The van der Waals surface area contributed by atoms with Crippen LogP contribution in [0, 0.1) is 5.82 Å². The maximum absolute atomic E-state index is 13.4. The summed E-state index contributed by atoms with van der Waals surface area (Å²) in [5, 5.41) is 2.83. The third kappa shape index (κ3) is 5.34. The fourth-order valence-corrected chi connectivity index (χ4v) is 2.54. The standard InChI is InChI=1S/C21H20FN3O3/c1-27-10-4-9-23-21(26)16-6-3-8-18(12-16)28-20-13-19(24-14-25-20)15-5-2-7-17(22)11-15/h2-3,5-8,11-14H,4,9-10H2,1H3,(H,23,26). The van der Waals surface area contributed by atoms with Crippen molar-refractivity contribution in [2.75, 3.05) is 20.3 Å². The summed E-state index contributed by atoms with van der Waals surface area (Å²) >= 11 is 0. The third-order valence-electron chi connectivity index (χ3n) is 3.89. The Kier molecular flexibility index (Phi) is 6.64. The smallest absolute Gasteiger partial charge is 0.251 e. The number of aromatic nitrogens is 2. The summed E-state index contributed by atoms with van der Waals surface area (Å²) in [6.07, 6.45) is 2.09. The highest BCUT2D eigenvalue weighted by Crippen LogP contribution is 2.24. The van der Waals surface area contributed by atoms with Crippen LogP contribution < -0.4 is 10.1 Å². The highest BCUT2D eigenvalue weighted by atomic mass is 19.1. The molecule has 0 atom stereocenters. The van der Waals surface area contributed by atoms with Gasteiger partial charge in [-0.1, -0.05) is 18.2 Å². The van der Waals surface area contributed by atoms with Gasteiger partial charge in [0.25, 0.3) is 5.91 Å². The van der Waals surface area contributed by atoms with Crippen LogP contribution in [0.25, 0.3) is 11.3 Å². The number of carbonyl (C=O) groups is 1. The number of nitrogens with zero attached hydrogens (tertiary/aromatic N) is 2. The second-order valence-corrected chi connectivity index (χ2v) is 5.98. The van der Waals surface area contributed by atoms with Crippen LogP contribution >= 0.6 is 0 Å². The Labute approximate surface area is 162 Å². The molecule has 1 N–H and O–H groups in total. The Hall–Kier alpha value is -3.32. The Morgan fingerprint density at radius 3 is 2.79 bits per heavy atom. The van der Waals surface area contributed by atoms with Gasteiger partial charge >= 0.3 is 0 Å². The molecule has 0 unspecified atom stereocenters. The van der Waals surface area contributed by atoms with E-state index in [1.165, 1.54) is 18.5 Å². The van der Waals surface area contributed by atoms with Crippen molar-refractivity contribution in [1.29, 1.82) is 0 Å². The second-order valence-electron chi connectivity index (χ2n) is 5.98. The first kappa shape index (κ1) is 19.4. The van der Waals surface area contributed by atoms with Crippen LogP contribution in [0.15, 0.2) is 60.9 Å². The van der Waals surface area contributed by atoms with E-state index in [0.717, 1.165) is 6.42 Å². The SMILES string of the molecule is COCCCNC(=O)c1cccc(Oc2cc(-c3cccc(F)c3)ncn2)c1. The quantitative estimate of drug-likeness (QED) is 0.600. The van der Waals surface area contributed by atoms with Crippen LogP contribution in [0.5, 0.6) is 11.6 Å². The van der Waals surface area contributed by atoms with E-state index in [9.17, 15) is 9.18 Å². The van der Waals surface area contributed by atoms with Crippen molar-refractivity contribution in [1.82, 2.24) is 15.3 Å². The van der Waals surface area contributed by atoms with Crippen molar-refractivity contribution < 1.29 is 18.7 Å². The lowest BCUT2D eigenvalue weighted by atomic mass is 10.1. The summed E-state index contributed by atoms with van der Waals surface area (Å²) < 4.78 is 24.2. The lowest BCUT2D eigenvalue weighted by Gasteiger charge is -2.09. The Morgan fingerprint density at radius 1 is 1.11 bits per heavy atom. The van der Waals surface area contributed by atoms with Gasteiger partial charge in [-0.3, -0.25) is 4.79 Å². The number of methoxy groups -OCH3 is 1. The monoisotopic (exact) mass is 381 g/mol. The van der Waals surface area contributed by atoms with Crippen molar-refractivity contribution in [2.45, 2.75) is 6.42 Å². The van der Waals surface area contributed by atoms with Crippen LogP contribution in [-0.2, 0) is 4.74 Å². The number of nitrogens with one attached hydrogen (secondary N) is 1. The highest BCUT2D eigenvalue weighted by molar-refractivity contribution is 5.94. The van der Waals surface area contributed by atoms with Gasteiger partial charge in [-0.25, -0.2) is 14.4 Å². The molecule has 0 bridgehead atoms. The Balaban J connectivity index is 1.70. The van der Waals surface area contributed by atoms with Gasteiger partial charge in [0.15, 0.2) is 0 Å². The first-order chi connectivity index (χ1) is 13.7. The minimum atomic E-state index is -0.345. The number of hydrogen-bond donors (Lipinski definition) is 1. The molecular formula is C21H20FN3O3. The zero-order chi connectivity index (χ0) is 19.8. The summed E-state index contributed by atoms with van der Waals surface area (Å²) in [7, 11) is 1.62. The zero-order valence-electron chi connectivity index (χ0n) is 15.4. The molecule has 144 valence electrons.